The maximum absolute atomic E-state index is 12.4. The molecular formula is C13H20N2O4. The minimum absolute atomic E-state index is 0.333. The molecule has 0 bridgehead atoms. The van der Waals surface area contributed by atoms with Crippen LogP contribution in [0.25, 0.3) is 0 Å². The molecule has 2 aliphatic heterocycles. The van der Waals surface area contributed by atoms with Crippen LogP contribution < -0.4 is 5.32 Å². The van der Waals surface area contributed by atoms with Gasteiger partial charge in [0, 0.05) is 6.61 Å². The molecule has 2 rings (SSSR count). The summed E-state index contributed by atoms with van der Waals surface area (Å²) >= 11 is 0. The predicted octanol–water partition coefficient (Wildman–Crippen LogP) is 1.05. The van der Waals surface area contributed by atoms with Crippen LogP contribution in [0.15, 0.2) is 0 Å². The number of amides is 4. The van der Waals surface area contributed by atoms with E-state index in [2.05, 4.69) is 5.32 Å². The molecule has 0 saturated carbocycles. The molecule has 0 radical (unpaired) electrons. The summed E-state index contributed by atoms with van der Waals surface area (Å²) in [5.41, 5.74) is -0.647. The number of barbiturate groups is 1. The number of ether oxygens (including phenoxy) is 1. The van der Waals surface area contributed by atoms with E-state index in [-0.39, 0.29) is 5.91 Å². The van der Waals surface area contributed by atoms with Crippen molar-refractivity contribution in [2.75, 3.05) is 13.2 Å². The fourth-order valence-electron chi connectivity index (χ4n) is 2.77. The molecule has 0 aromatic heterocycles. The summed E-state index contributed by atoms with van der Waals surface area (Å²) in [5, 5.41) is 2.29. The first kappa shape index (κ1) is 14.0. The molecule has 6 heteroatoms. The Hall–Kier alpha value is -1.43. The fourth-order valence-corrected chi connectivity index (χ4v) is 2.77. The summed E-state index contributed by atoms with van der Waals surface area (Å²) in [4.78, 5) is 37.3. The number of nitrogens with zero attached hydrogens (tertiary/aromatic N) is 1. The Morgan fingerprint density at radius 3 is 2.74 bits per heavy atom. The van der Waals surface area contributed by atoms with Crippen molar-refractivity contribution in [1.29, 1.82) is 0 Å². The van der Waals surface area contributed by atoms with Gasteiger partial charge in [0.2, 0.25) is 11.8 Å². The second-order valence-electron chi connectivity index (χ2n) is 5.46. The van der Waals surface area contributed by atoms with Gasteiger partial charge < -0.3 is 4.74 Å². The van der Waals surface area contributed by atoms with E-state index < -0.39 is 23.4 Å². The van der Waals surface area contributed by atoms with Crippen LogP contribution in [-0.4, -0.2) is 41.5 Å². The van der Waals surface area contributed by atoms with Crippen LogP contribution in [0.1, 0.15) is 39.5 Å². The van der Waals surface area contributed by atoms with E-state index >= 15 is 0 Å². The molecule has 106 valence electrons. The Morgan fingerprint density at radius 1 is 1.42 bits per heavy atom. The zero-order valence-electron chi connectivity index (χ0n) is 11.4. The van der Waals surface area contributed by atoms with Gasteiger partial charge in [-0.25, -0.2) is 4.79 Å². The van der Waals surface area contributed by atoms with Crippen LogP contribution in [0.5, 0.6) is 0 Å². The molecular weight excluding hydrogens is 248 g/mol. The highest BCUT2D eigenvalue weighted by atomic mass is 16.5. The van der Waals surface area contributed by atoms with Crippen molar-refractivity contribution in [1.82, 2.24) is 10.2 Å². The lowest BCUT2D eigenvalue weighted by Crippen LogP contribution is -2.66. The van der Waals surface area contributed by atoms with Crippen LogP contribution in [0.3, 0.4) is 0 Å². The third-order valence-electron chi connectivity index (χ3n) is 3.80. The van der Waals surface area contributed by atoms with E-state index in [4.69, 9.17) is 4.74 Å². The van der Waals surface area contributed by atoms with Gasteiger partial charge in [0.05, 0.1) is 12.1 Å². The lowest BCUT2D eigenvalue weighted by molar-refractivity contribution is -0.150. The minimum atomic E-state index is -0.749. The van der Waals surface area contributed by atoms with Crippen molar-refractivity contribution in [2.24, 2.45) is 5.92 Å². The Morgan fingerprint density at radius 2 is 2.16 bits per heavy atom. The second-order valence-corrected chi connectivity index (χ2v) is 5.46. The molecule has 0 spiro atoms. The summed E-state index contributed by atoms with van der Waals surface area (Å²) < 4.78 is 5.40. The van der Waals surface area contributed by atoms with Crippen molar-refractivity contribution in [2.45, 2.75) is 45.1 Å². The van der Waals surface area contributed by atoms with Gasteiger partial charge in [0.25, 0.3) is 0 Å². The number of hydrogen-bond acceptors (Lipinski definition) is 4. The van der Waals surface area contributed by atoms with Crippen molar-refractivity contribution < 1.29 is 19.1 Å². The van der Waals surface area contributed by atoms with Crippen molar-refractivity contribution >= 4 is 17.8 Å². The van der Waals surface area contributed by atoms with Gasteiger partial charge in [-0.2, -0.15) is 0 Å². The number of carbonyl (C=O) groups is 3. The van der Waals surface area contributed by atoms with Crippen LogP contribution in [0.4, 0.5) is 4.79 Å². The molecule has 2 fully saturated rings. The molecule has 2 aliphatic rings. The average Bonchev–Trinajstić information content (AvgIpc) is 2.34. The second kappa shape index (κ2) is 5.28. The highest BCUT2D eigenvalue weighted by Crippen LogP contribution is 2.30. The monoisotopic (exact) mass is 268 g/mol. The first-order valence-electron chi connectivity index (χ1n) is 6.76. The van der Waals surface area contributed by atoms with E-state index in [1.165, 1.54) is 4.90 Å². The molecule has 2 heterocycles. The smallest absolute Gasteiger partial charge is 0.331 e. The fraction of sp³-hybridized carbons (Fsp3) is 0.769. The summed E-state index contributed by atoms with van der Waals surface area (Å²) in [6, 6.07) is -0.615. The standard InChI is InChI=1S/C13H20N2O4/c1-3-5-9-10(16)14-12(18)15(11(9)17)13(2)6-4-7-19-8-13/h9H,3-8H2,1-2H3,(H,14,16,18). The zero-order valence-corrected chi connectivity index (χ0v) is 11.4. The van der Waals surface area contributed by atoms with E-state index in [0.29, 0.717) is 26.1 Å². The maximum Gasteiger partial charge on any atom is 0.331 e. The van der Waals surface area contributed by atoms with E-state index in [1.807, 2.05) is 13.8 Å². The summed E-state index contributed by atoms with van der Waals surface area (Å²) in [7, 11) is 0. The SMILES string of the molecule is CCCC1C(=O)NC(=O)N(C2(C)CCCOC2)C1=O. The van der Waals surface area contributed by atoms with Gasteiger partial charge in [-0.3, -0.25) is 19.8 Å². The number of nitrogens with one attached hydrogen (secondary N) is 1. The molecule has 0 aliphatic carbocycles. The minimum Gasteiger partial charge on any atom is -0.379 e. The molecule has 0 aromatic rings. The van der Waals surface area contributed by atoms with Crippen molar-refractivity contribution in [3.8, 4) is 0 Å². The quantitative estimate of drug-likeness (QED) is 0.776. The van der Waals surface area contributed by atoms with E-state index in [0.717, 1.165) is 12.8 Å². The topological polar surface area (TPSA) is 75.7 Å². The molecule has 1 N–H and O–H groups in total. The largest absolute Gasteiger partial charge is 0.379 e. The van der Waals surface area contributed by atoms with Crippen molar-refractivity contribution in [3.05, 3.63) is 0 Å². The van der Waals surface area contributed by atoms with Gasteiger partial charge >= 0.3 is 6.03 Å². The first-order valence-corrected chi connectivity index (χ1v) is 6.76. The number of hydrogen-bond donors (Lipinski definition) is 1. The predicted molar refractivity (Wildman–Crippen MR) is 67.2 cm³/mol. The van der Waals surface area contributed by atoms with Gasteiger partial charge in [-0.05, 0) is 26.2 Å². The molecule has 2 unspecified atom stereocenters. The summed E-state index contributed by atoms with van der Waals surface area (Å²) in [5.74, 6) is -1.61. The van der Waals surface area contributed by atoms with Gasteiger partial charge in [-0.1, -0.05) is 13.3 Å². The van der Waals surface area contributed by atoms with Crippen molar-refractivity contribution in [3.63, 3.8) is 0 Å². The van der Waals surface area contributed by atoms with E-state index in [1.54, 1.807) is 0 Å². The van der Waals surface area contributed by atoms with Crippen LogP contribution in [0, 0.1) is 5.92 Å². The third kappa shape index (κ3) is 2.49. The lowest BCUT2D eigenvalue weighted by atomic mass is 9.89. The highest BCUT2D eigenvalue weighted by Gasteiger charge is 2.48. The number of carbonyl (C=O) groups excluding carboxylic acids is 3. The first-order chi connectivity index (χ1) is 8.99. The number of rotatable bonds is 3. The third-order valence-corrected chi connectivity index (χ3v) is 3.80. The summed E-state index contributed by atoms with van der Waals surface area (Å²) in [6.45, 7) is 4.73. The maximum atomic E-state index is 12.4. The highest BCUT2D eigenvalue weighted by molar-refractivity contribution is 6.16. The molecule has 0 aromatic carbocycles. The zero-order chi connectivity index (χ0) is 14.0. The normalized spacial score (nSPS) is 32.4. The van der Waals surface area contributed by atoms with Gasteiger partial charge in [-0.15, -0.1) is 0 Å². The summed E-state index contributed by atoms with van der Waals surface area (Å²) in [6.07, 6.45) is 2.70. The van der Waals surface area contributed by atoms with Gasteiger partial charge in [0.15, 0.2) is 0 Å². The van der Waals surface area contributed by atoms with Crippen LogP contribution in [0.2, 0.25) is 0 Å². The van der Waals surface area contributed by atoms with E-state index in [9.17, 15) is 14.4 Å². The molecule has 19 heavy (non-hydrogen) atoms. The lowest BCUT2D eigenvalue weighted by Gasteiger charge is -2.44. The number of urea groups is 1. The molecule has 2 saturated heterocycles. The van der Waals surface area contributed by atoms with Crippen LogP contribution >= 0.6 is 0 Å². The molecule has 4 amide bonds. The Balaban J connectivity index is 2.25. The Kier molecular flexibility index (Phi) is 3.89. The van der Waals surface area contributed by atoms with Gasteiger partial charge in [0.1, 0.15) is 5.92 Å². The Labute approximate surface area is 112 Å². The Bertz CT molecular complexity index is 401. The van der Waals surface area contributed by atoms with Crippen LogP contribution in [-0.2, 0) is 14.3 Å². The average molecular weight is 268 g/mol. The number of imide groups is 2. The molecule has 6 nitrogen and oxygen atoms in total. The molecule has 2 atom stereocenters.